The lowest BCUT2D eigenvalue weighted by Crippen LogP contribution is -2.32. The molecule has 0 amide bonds. The summed E-state index contributed by atoms with van der Waals surface area (Å²) in [5, 5.41) is 9.34. The second kappa shape index (κ2) is 5.87. The summed E-state index contributed by atoms with van der Waals surface area (Å²) < 4.78 is 0. The average molecular weight is 242 g/mol. The zero-order valence-corrected chi connectivity index (χ0v) is 9.95. The predicted octanol–water partition coefficient (Wildman–Crippen LogP) is 2.32. The molecule has 2 unspecified atom stereocenters. The van der Waals surface area contributed by atoms with Crippen LogP contribution in [0.15, 0.2) is 24.3 Å². The summed E-state index contributed by atoms with van der Waals surface area (Å²) in [5.41, 5.74) is 6.91. The van der Waals surface area contributed by atoms with Crippen LogP contribution in [-0.2, 0) is 11.2 Å². The molecule has 0 fully saturated rings. The number of benzene rings is 1. The first-order valence-electron chi connectivity index (χ1n) is 5.21. The van der Waals surface area contributed by atoms with E-state index < -0.39 is 5.97 Å². The third-order valence-electron chi connectivity index (χ3n) is 2.61. The zero-order valence-electron chi connectivity index (χ0n) is 9.19. The van der Waals surface area contributed by atoms with E-state index in [0.717, 1.165) is 12.0 Å². The Balaban J connectivity index is 2.53. The van der Waals surface area contributed by atoms with Crippen LogP contribution in [0.25, 0.3) is 0 Å². The molecule has 3 N–H and O–H groups in total. The summed E-state index contributed by atoms with van der Waals surface area (Å²) in [6.45, 7) is 1.96. The molecule has 0 heterocycles. The molecule has 2 atom stereocenters. The topological polar surface area (TPSA) is 63.3 Å². The average Bonchev–Trinajstić information content (AvgIpc) is 2.20. The Kier molecular flexibility index (Phi) is 4.77. The summed E-state index contributed by atoms with van der Waals surface area (Å²) in [4.78, 5) is 10.5. The van der Waals surface area contributed by atoms with E-state index in [0.29, 0.717) is 5.02 Å². The van der Waals surface area contributed by atoms with Gasteiger partial charge in [-0.3, -0.25) is 4.79 Å². The van der Waals surface area contributed by atoms with E-state index in [9.17, 15) is 4.79 Å². The quantitative estimate of drug-likeness (QED) is 0.832. The molecule has 0 saturated carbocycles. The van der Waals surface area contributed by atoms with Crippen molar-refractivity contribution in [1.82, 2.24) is 0 Å². The molecule has 0 bridgehead atoms. The number of carboxylic acids is 1. The molecule has 88 valence electrons. The minimum absolute atomic E-state index is 0.00869. The Morgan fingerprint density at radius 3 is 2.50 bits per heavy atom. The molecular formula is C12H16ClNO2. The van der Waals surface area contributed by atoms with Gasteiger partial charge in [-0.2, -0.15) is 0 Å². The molecular weight excluding hydrogens is 226 g/mol. The Hall–Kier alpha value is -1.06. The van der Waals surface area contributed by atoms with Gasteiger partial charge in [0.25, 0.3) is 0 Å². The molecule has 0 aromatic heterocycles. The van der Waals surface area contributed by atoms with Crippen LogP contribution >= 0.6 is 11.6 Å². The molecule has 4 heteroatoms. The van der Waals surface area contributed by atoms with Crippen molar-refractivity contribution in [1.29, 1.82) is 0 Å². The van der Waals surface area contributed by atoms with E-state index in [-0.39, 0.29) is 18.4 Å². The number of hydrogen-bond acceptors (Lipinski definition) is 2. The van der Waals surface area contributed by atoms with Gasteiger partial charge in [0.05, 0.1) is 6.42 Å². The van der Waals surface area contributed by atoms with Crippen molar-refractivity contribution in [2.75, 3.05) is 0 Å². The number of carboxylic acid groups (broad SMARTS) is 1. The number of aliphatic carboxylic acids is 1. The fourth-order valence-corrected chi connectivity index (χ4v) is 1.67. The molecule has 0 spiro atoms. The van der Waals surface area contributed by atoms with Gasteiger partial charge in [-0.1, -0.05) is 30.7 Å². The third kappa shape index (κ3) is 4.21. The van der Waals surface area contributed by atoms with E-state index in [4.69, 9.17) is 22.4 Å². The molecule has 0 aliphatic rings. The van der Waals surface area contributed by atoms with Gasteiger partial charge in [0.2, 0.25) is 0 Å². The molecule has 16 heavy (non-hydrogen) atoms. The summed E-state index contributed by atoms with van der Waals surface area (Å²) in [5.74, 6) is -0.715. The predicted molar refractivity (Wildman–Crippen MR) is 64.5 cm³/mol. The minimum atomic E-state index is -0.851. The summed E-state index contributed by atoms with van der Waals surface area (Å²) in [6.07, 6.45) is 0.778. The molecule has 3 nitrogen and oxygen atoms in total. The number of halogens is 1. The van der Waals surface area contributed by atoms with Crippen LogP contribution in [0.1, 0.15) is 18.9 Å². The van der Waals surface area contributed by atoms with E-state index in [1.807, 2.05) is 31.2 Å². The van der Waals surface area contributed by atoms with Crippen LogP contribution in [0.2, 0.25) is 5.02 Å². The van der Waals surface area contributed by atoms with Crippen molar-refractivity contribution in [2.45, 2.75) is 25.8 Å². The number of hydrogen-bond donors (Lipinski definition) is 2. The first-order chi connectivity index (χ1) is 7.49. The van der Waals surface area contributed by atoms with E-state index in [1.54, 1.807) is 0 Å². The first kappa shape index (κ1) is 13.0. The van der Waals surface area contributed by atoms with Crippen LogP contribution in [0.3, 0.4) is 0 Å². The smallest absolute Gasteiger partial charge is 0.304 e. The molecule has 0 radical (unpaired) electrons. The van der Waals surface area contributed by atoms with Crippen molar-refractivity contribution in [3.8, 4) is 0 Å². The first-order valence-corrected chi connectivity index (χ1v) is 5.58. The van der Waals surface area contributed by atoms with Crippen LogP contribution in [0.5, 0.6) is 0 Å². The largest absolute Gasteiger partial charge is 0.481 e. The third-order valence-corrected chi connectivity index (χ3v) is 2.86. The number of rotatable bonds is 5. The Morgan fingerprint density at radius 2 is 2.00 bits per heavy atom. The van der Waals surface area contributed by atoms with Crippen molar-refractivity contribution in [3.05, 3.63) is 34.9 Å². The number of carbonyl (C=O) groups is 1. The van der Waals surface area contributed by atoms with Crippen LogP contribution in [0.4, 0.5) is 0 Å². The van der Waals surface area contributed by atoms with Gasteiger partial charge in [0.1, 0.15) is 0 Å². The van der Waals surface area contributed by atoms with E-state index in [1.165, 1.54) is 0 Å². The molecule has 0 saturated heterocycles. The molecule has 1 aromatic rings. The highest BCUT2D eigenvalue weighted by atomic mass is 35.5. The van der Waals surface area contributed by atoms with E-state index >= 15 is 0 Å². The lowest BCUT2D eigenvalue weighted by molar-refractivity contribution is -0.137. The normalized spacial score (nSPS) is 14.4. The second-order valence-corrected chi connectivity index (χ2v) is 4.51. The number of nitrogens with two attached hydrogens (primary N) is 1. The molecule has 0 aliphatic heterocycles. The van der Waals surface area contributed by atoms with Crippen molar-refractivity contribution >= 4 is 17.6 Å². The maximum atomic E-state index is 10.5. The highest BCUT2D eigenvalue weighted by molar-refractivity contribution is 6.30. The van der Waals surface area contributed by atoms with Crippen molar-refractivity contribution in [3.63, 3.8) is 0 Å². The van der Waals surface area contributed by atoms with Gasteiger partial charge in [-0.05, 0) is 30.0 Å². The van der Waals surface area contributed by atoms with Crippen LogP contribution < -0.4 is 5.73 Å². The fraction of sp³-hybridized carbons (Fsp3) is 0.417. The lowest BCUT2D eigenvalue weighted by atomic mass is 9.93. The Labute approximate surface area is 100 Å². The zero-order chi connectivity index (χ0) is 12.1. The SMILES string of the molecule is CC(Cc1ccc(Cl)cc1)C(N)CC(=O)O. The van der Waals surface area contributed by atoms with Gasteiger partial charge in [0.15, 0.2) is 0 Å². The highest BCUT2D eigenvalue weighted by Gasteiger charge is 2.16. The summed E-state index contributed by atoms with van der Waals surface area (Å²) in [6, 6.07) is 7.21. The van der Waals surface area contributed by atoms with Crippen molar-refractivity contribution in [2.24, 2.45) is 11.7 Å². The van der Waals surface area contributed by atoms with E-state index in [2.05, 4.69) is 0 Å². The van der Waals surface area contributed by atoms with Gasteiger partial charge in [-0.15, -0.1) is 0 Å². The van der Waals surface area contributed by atoms with Gasteiger partial charge >= 0.3 is 5.97 Å². The maximum absolute atomic E-state index is 10.5. The monoisotopic (exact) mass is 241 g/mol. The van der Waals surface area contributed by atoms with Crippen LogP contribution in [-0.4, -0.2) is 17.1 Å². The lowest BCUT2D eigenvalue weighted by Gasteiger charge is -2.18. The summed E-state index contributed by atoms with van der Waals surface area (Å²) in [7, 11) is 0. The van der Waals surface area contributed by atoms with Crippen LogP contribution in [0, 0.1) is 5.92 Å². The highest BCUT2D eigenvalue weighted by Crippen LogP contribution is 2.15. The van der Waals surface area contributed by atoms with Gasteiger partial charge in [0, 0.05) is 11.1 Å². The minimum Gasteiger partial charge on any atom is -0.481 e. The molecule has 1 rings (SSSR count). The molecule has 0 aliphatic carbocycles. The standard InChI is InChI=1S/C12H16ClNO2/c1-8(11(14)7-12(15)16)6-9-2-4-10(13)5-3-9/h2-5,8,11H,6-7,14H2,1H3,(H,15,16). The Bertz CT molecular complexity index is 351. The van der Waals surface area contributed by atoms with Crippen molar-refractivity contribution < 1.29 is 9.90 Å². The fourth-order valence-electron chi connectivity index (χ4n) is 1.55. The molecule has 1 aromatic carbocycles. The van der Waals surface area contributed by atoms with Gasteiger partial charge < -0.3 is 10.8 Å². The maximum Gasteiger partial charge on any atom is 0.304 e. The Morgan fingerprint density at radius 1 is 1.44 bits per heavy atom. The second-order valence-electron chi connectivity index (χ2n) is 4.07. The summed E-state index contributed by atoms with van der Waals surface area (Å²) >= 11 is 5.78. The van der Waals surface area contributed by atoms with Gasteiger partial charge in [-0.25, -0.2) is 0 Å².